The van der Waals surface area contributed by atoms with Gasteiger partial charge in [-0.1, -0.05) is 5.16 Å². The first kappa shape index (κ1) is 7.85. The normalized spacial score (nSPS) is 9.55. The van der Waals surface area contributed by atoms with Crippen molar-refractivity contribution in [2.24, 2.45) is 0 Å². The fraction of sp³-hybridized carbons (Fsp3) is 0.333. The standard InChI is InChI=1S/C6H6BNO3/c1-2-10-6(9)4-3-5(7)8-11-4/h3H,2H2,1H3. The number of rotatable bonds is 2. The van der Waals surface area contributed by atoms with Crippen LogP contribution < -0.4 is 5.59 Å². The zero-order valence-corrected chi connectivity index (χ0v) is 6.03. The first-order chi connectivity index (χ1) is 5.24. The maximum Gasteiger partial charge on any atom is 0.377 e. The van der Waals surface area contributed by atoms with Crippen LogP contribution in [0.4, 0.5) is 0 Å². The fourth-order valence-electron chi connectivity index (χ4n) is 0.587. The van der Waals surface area contributed by atoms with Gasteiger partial charge in [0.1, 0.15) is 7.85 Å². The highest BCUT2D eigenvalue weighted by Crippen LogP contribution is 1.96. The molecular weight excluding hydrogens is 145 g/mol. The Morgan fingerprint density at radius 1 is 1.91 bits per heavy atom. The summed E-state index contributed by atoms with van der Waals surface area (Å²) in [6.45, 7) is 2.01. The second-order valence-corrected chi connectivity index (χ2v) is 1.84. The minimum absolute atomic E-state index is 0.0318. The first-order valence-electron chi connectivity index (χ1n) is 3.13. The molecule has 0 amide bonds. The van der Waals surface area contributed by atoms with E-state index in [0.717, 1.165) is 0 Å². The number of esters is 1. The van der Waals surface area contributed by atoms with Crippen molar-refractivity contribution in [3.8, 4) is 0 Å². The molecular formula is C6H6BNO3. The van der Waals surface area contributed by atoms with Gasteiger partial charge >= 0.3 is 5.97 Å². The molecule has 4 nitrogen and oxygen atoms in total. The number of carbonyl (C=O) groups is 1. The van der Waals surface area contributed by atoms with Crippen molar-refractivity contribution in [3.05, 3.63) is 11.8 Å². The first-order valence-corrected chi connectivity index (χ1v) is 3.13. The summed E-state index contributed by atoms with van der Waals surface area (Å²) >= 11 is 0. The monoisotopic (exact) mass is 151 g/mol. The van der Waals surface area contributed by atoms with Gasteiger partial charge in [-0.15, -0.1) is 0 Å². The van der Waals surface area contributed by atoms with Gasteiger partial charge in [-0.05, 0) is 6.92 Å². The Morgan fingerprint density at radius 3 is 3.09 bits per heavy atom. The molecule has 11 heavy (non-hydrogen) atoms. The quantitative estimate of drug-likeness (QED) is 0.428. The van der Waals surface area contributed by atoms with Gasteiger partial charge in [0.05, 0.1) is 6.61 Å². The Morgan fingerprint density at radius 2 is 2.64 bits per heavy atom. The van der Waals surface area contributed by atoms with Crippen LogP contribution in [0.25, 0.3) is 0 Å². The molecule has 0 saturated heterocycles. The van der Waals surface area contributed by atoms with E-state index < -0.39 is 5.97 Å². The van der Waals surface area contributed by atoms with Crippen molar-refractivity contribution >= 4 is 19.4 Å². The molecule has 0 aliphatic carbocycles. The van der Waals surface area contributed by atoms with Gasteiger partial charge in [-0.25, -0.2) is 4.79 Å². The van der Waals surface area contributed by atoms with E-state index in [1.54, 1.807) is 6.92 Å². The maximum atomic E-state index is 10.8. The van der Waals surface area contributed by atoms with E-state index in [-0.39, 0.29) is 11.4 Å². The molecule has 0 unspecified atom stereocenters. The van der Waals surface area contributed by atoms with E-state index in [2.05, 4.69) is 14.4 Å². The van der Waals surface area contributed by atoms with Gasteiger partial charge < -0.3 is 9.26 Å². The van der Waals surface area contributed by atoms with Crippen LogP contribution in [0.2, 0.25) is 0 Å². The predicted octanol–water partition coefficient (Wildman–Crippen LogP) is -0.355. The molecule has 0 aliphatic heterocycles. The zero-order valence-electron chi connectivity index (χ0n) is 6.03. The highest BCUT2D eigenvalue weighted by atomic mass is 16.6. The minimum Gasteiger partial charge on any atom is -0.460 e. The Kier molecular flexibility index (Phi) is 2.30. The zero-order chi connectivity index (χ0) is 8.27. The molecule has 0 aliphatic rings. The van der Waals surface area contributed by atoms with E-state index in [0.29, 0.717) is 6.61 Å². The lowest BCUT2D eigenvalue weighted by Gasteiger charge is -1.94. The Hall–Kier alpha value is -1.26. The molecule has 0 fully saturated rings. The number of ether oxygens (including phenoxy) is 1. The number of hydrogen-bond donors (Lipinski definition) is 0. The van der Waals surface area contributed by atoms with Crippen molar-refractivity contribution in [1.82, 2.24) is 5.16 Å². The van der Waals surface area contributed by atoms with Crippen molar-refractivity contribution < 1.29 is 14.1 Å². The molecule has 0 spiro atoms. The lowest BCUT2D eigenvalue weighted by Crippen LogP contribution is -2.04. The van der Waals surface area contributed by atoms with Crippen LogP contribution in [0.3, 0.4) is 0 Å². The summed E-state index contributed by atoms with van der Waals surface area (Å²) in [6, 6.07) is 1.32. The van der Waals surface area contributed by atoms with Gasteiger partial charge in [0.15, 0.2) is 0 Å². The van der Waals surface area contributed by atoms with Crippen LogP contribution in [-0.2, 0) is 4.74 Å². The lowest BCUT2D eigenvalue weighted by molar-refractivity contribution is 0.0480. The smallest absolute Gasteiger partial charge is 0.377 e. The summed E-state index contributed by atoms with van der Waals surface area (Å²) in [4.78, 5) is 10.8. The van der Waals surface area contributed by atoms with E-state index >= 15 is 0 Å². The fourth-order valence-corrected chi connectivity index (χ4v) is 0.587. The molecule has 1 aromatic rings. The predicted molar refractivity (Wildman–Crippen MR) is 37.8 cm³/mol. The maximum absolute atomic E-state index is 10.8. The SMILES string of the molecule is [B]c1cc(C(=O)OCC)on1. The third kappa shape index (κ3) is 1.83. The third-order valence-corrected chi connectivity index (χ3v) is 1.00. The average molecular weight is 151 g/mol. The van der Waals surface area contributed by atoms with Crippen LogP contribution in [0.5, 0.6) is 0 Å². The van der Waals surface area contributed by atoms with Crippen molar-refractivity contribution in [2.45, 2.75) is 6.92 Å². The molecule has 1 aromatic heterocycles. The molecule has 2 radical (unpaired) electrons. The summed E-state index contributed by atoms with van der Waals surface area (Å²) < 4.78 is 9.14. The van der Waals surface area contributed by atoms with Crippen molar-refractivity contribution in [1.29, 1.82) is 0 Å². The second kappa shape index (κ2) is 3.23. The van der Waals surface area contributed by atoms with Gasteiger partial charge in [0.2, 0.25) is 5.76 Å². The number of carbonyl (C=O) groups excluding carboxylic acids is 1. The van der Waals surface area contributed by atoms with E-state index in [4.69, 9.17) is 7.85 Å². The molecule has 56 valence electrons. The van der Waals surface area contributed by atoms with Gasteiger partial charge in [0, 0.05) is 11.7 Å². The second-order valence-electron chi connectivity index (χ2n) is 1.84. The number of nitrogens with zero attached hydrogens (tertiary/aromatic N) is 1. The van der Waals surface area contributed by atoms with Crippen molar-refractivity contribution in [3.63, 3.8) is 0 Å². The third-order valence-electron chi connectivity index (χ3n) is 1.00. The summed E-state index contributed by atoms with van der Waals surface area (Å²) in [6.07, 6.45) is 0. The summed E-state index contributed by atoms with van der Waals surface area (Å²) in [5.41, 5.74) is 0.174. The van der Waals surface area contributed by atoms with Crippen LogP contribution in [-0.4, -0.2) is 25.6 Å². The van der Waals surface area contributed by atoms with Crippen molar-refractivity contribution in [2.75, 3.05) is 6.61 Å². The summed E-state index contributed by atoms with van der Waals surface area (Å²) in [5.74, 6) is -0.513. The lowest BCUT2D eigenvalue weighted by atomic mass is 10.1. The molecule has 0 bridgehead atoms. The van der Waals surface area contributed by atoms with Crippen LogP contribution in [0, 0.1) is 0 Å². The average Bonchev–Trinajstić information content (AvgIpc) is 2.36. The summed E-state index contributed by atoms with van der Waals surface area (Å²) in [7, 11) is 5.20. The topological polar surface area (TPSA) is 52.3 Å². The highest BCUT2D eigenvalue weighted by molar-refractivity contribution is 6.30. The Bertz CT molecular complexity index is 258. The van der Waals surface area contributed by atoms with Crippen LogP contribution in [0.15, 0.2) is 10.6 Å². The van der Waals surface area contributed by atoms with Crippen LogP contribution in [0.1, 0.15) is 17.5 Å². The van der Waals surface area contributed by atoms with Crippen LogP contribution >= 0.6 is 0 Å². The molecule has 0 atom stereocenters. The van der Waals surface area contributed by atoms with Gasteiger partial charge in [-0.3, -0.25) is 0 Å². The van der Waals surface area contributed by atoms with E-state index in [1.807, 2.05) is 0 Å². The van der Waals surface area contributed by atoms with E-state index in [1.165, 1.54) is 6.07 Å². The molecule has 0 saturated carbocycles. The van der Waals surface area contributed by atoms with Gasteiger partial charge in [-0.2, -0.15) is 0 Å². The molecule has 0 aromatic carbocycles. The molecule has 1 rings (SSSR count). The number of hydrogen-bond acceptors (Lipinski definition) is 4. The Balaban J connectivity index is 2.69. The largest absolute Gasteiger partial charge is 0.460 e. The van der Waals surface area contributed by atoms with Gasteiger partial charge in [0.25, 0.3) is 0 Å². The van der Waals surface area contributed by atoms with E-state index in [9.17, 15) is 4.79 Å². The molecule has 5 heteroatoms. The molecule has 0 N–H and O–H groups in total. The Labute approximate surface area is 64.9 Å². The summed E-state index contributed by atoms with van der Waals surface area (Å²) in [5, 5.41) is 3.32. The molecule has 1 heterocycles. The number of aromatic nitrogens is 1. The highest BCUT2D eigenvalue weighted by Gasteiger charge is 2.10. The minimum atomic E-state index is -0.545.